The third-order valence-corrected chi connectivity index (χ3v) is 7.37. The Labute approximate surface area is 177 Å². The first-order valence-electron chi connectivity index (χ1n) is 9.73. The number of ether oxygens (including phenoxy) is 1. The van der Waals surface area contributed by atoms with E-state index >= 15 is 0 Å². The number of thiazole rings is 2. The van der Waals surface area contributed by atoms with E-state index in [4.69, 9.17) is 9.72 Å². The molecule has 0 bridgehead atoms. The zero-order chi connectivity index (χ0) is 20.0. The SMILES string of the molecule is Cc1ccc2sc(N(CC3CCCO3)C(=O)c3ccc4ncsc4c3)nc2c1C. The van der Waals surface area contributed by atoms with E-state index in [1.165, 1.54) is 11.1 Å². The smallest absolute Gasteiger partial charge is 0.260 e. The minimum atomic E-state index is -0.0377. The highest BCUT2D eigenvalue weighted by atomic mass is 32.1. The molecule has 4 aromatic rings. The number of fused-ring (bicyclic) bond motifs is 2. The van der Waals surface area contributed by atoms with Crippen LogP contribution >= 0.6 is 22.7 Å². The molecule has 0 saturated carbocycles. The summed E-state index contributed by atoms with van der Waals surface area (Å²) in [6.07, 6.45) is 2.07. The molecule has 0 aliphatic carbocycles. The largest absolute Gasteiger partial charge is 0.376 e. The summed E-state index contributed by atoms with van der Waals surface area (Å²) in [4.78, 5) is 24.5. The van der Waals surface area contributed by atoms with Crippen molar-refractivity contribution < 1.29 is 9.53 Å². The van der Waals surface area contributed by atoms with Gasteiger partial charge in [0, 0.05) is 12.2 Å². The summed E-state index contributed by atoms with van der Waals surface area (Å²) >= 11 is 3.12. The molecule has 1 unspecified atom stereocenters. The summed E-state index contributed by atoms with van der Waals surface area (Å²) in [5.74, 6) is -0.0377. The van der Waals surface area contributed by atoms with Crippen LogP contribution in [0.1, 0.15) is 34.3 Å². The van der Waals surface area contributed by atoms with Crippen LogP contribution in [0, 0.1) is 13.8 Å². The summed E-state index contributed by atoms with van der Waals surface area (Å²) in [6, 6.07) is 9.91. The Balaban J connectivity index is 1.56. The lowest BCUT2D eigenvalue weighted by atomic mass is 10.1. The van der Waals surface area contributed by atoms with E-state index in [0.717, 1.165) is 45.0 Å². The fourth-order valence-electron chi connectivity index (χ4n) is 3.71. The Hall–Kier alpha value is -2.35. The van der Waals surface area contributed by atoms with Crippen LogP contribution in [0.25, 0.3) is 20.4 Å². The number of hydrogen-bond acceptors (Lipinski definition) is 6. The van der Waals surface area contributed by atoms with Gasteiger partial charge in [-0.3, -0.25) is 9.69 Å². The topological polar surface area (TPSA) is 55.3 Å². The van der Waals surface area contributed by atoms with E-state index in [1.807, 2.05) is 23.7 Å². The van der Waals surface area contributed by atoms with Crippen LogP contribution in [0.5, 0.6) is 0 Å². The van der Waals surface area contributed by atoms with Crippen molar-refractivity contribution in [2.75, 3.05) is 18.1 Å². The van der Waals surface area contributed by atoms with Crippen molar-refractivity contribution in [2.45, 2.75) is 32.8 Å². The van der Waals surface area contributed by atoms with Crippen molar-refractivity contribution in [1.82, 2.24) is 9.97 Å². The highest BCUT2D eigenvalue weighted by molar-refractivity contribution is 7.22. The molecule has 5 nitrogen and oxygen atoms in total. The number of benzene rings is 2. The van der Waals surface area contributed by atoms with Crippen molar-refractivity contribution >= 4 is 54.1 Å². The minimum absolute atomic E-state index is 0.0377. The van der Waals surface area contributed by atoms with Crippen LogP contribution in [0.4, 0.5) is 5.13 Å². The fraction of sp³-hybridized carbons (Fsp3) is 0.318. The van der Waals surface area contributed by atoms with Crippen LogP contribution < -0.4 is 4.90 Å². The first-order chi connectivity index (χ1) is 14.1. The Morgan fingerprint density at radius 3 is 2.97 bits per heavy atom. The highest BCUT2D eigenvalue weighted by Gasteiger charge is 2.27. The number of hydrogen-bond donors (Lipinski definition) is 0. The molecule has 0 spiro atoms. The number of anilines is 1. The van der Waals surface area contributed by atoms with Gasteiger partial charge in [0.25, 0.3) is 5.91 Å². The van der Waals surface area contributed by atoms with E-state index in [0.29, 0.717) is 12.1 Å². The van der Waals surface area contributed by atoms with E-state index in [-0.39, 0.29) is 12.0 Å². The van der Waals surface area contributed by atoms with Crippen molar-refractivity contribution in [3.05, 3.63) is 52.5 Å². The second-order valence-electron chi connectivity index (χ2n) is 7.44. The molecule has 2 aromatic heterocycles. The van der Waals surface area contributed by atoms with Gasteiger partial charge in [0.2, 0.25) is 0 Å². The third kappa shape index (κ3) is 3.43. The summed E-state index contributed by atoms with van der Waals surface area (Å²) in [5.41, 5.74) is 6.74. The number of aromatic nitrogens is 2. The average molecular weight is 424 g/mol. The first-order valence-corrected chi connectivity index (χ1v) is 11.4. The summed E-state index contributed by atoms with van der Waals surface area (Å²) < 4.78 is 7.96. The van der Waals surface area contributed by atoms with E-state index in [2.05, 4.69) is 31.0 Å². The van der Waals surface area contributed by atoms with Crippen LogP contribution in [-0.4, -0.2) is 35.1 Å². The molecule has 29 heavy (non-hydrogen) atoms. The second kappa shape index (κ2) is 7.48. The molecular weight excluding hydrogens is 402 g/mol. The third-order valence-electron chi connectivity index (χ3n) is 5.54. The lowest BCUT2D eigenvalue weighted by molar-refractivity contribution is 0.0917. The van der Waals surface area contributed by atoms with Crippen molar-refractivity contribution in [3.63, 3.8) is 0 Å². The first kappa shape index (κ1) is 18.7. The number of nitrogens with zero attached hydrogens (tertiary/aromatic N) is 3. The zero-order valence-electron chi connectivity index (χ0n) is 16.3. The fourth-order valence-corrected chi connectivity index (χ4v) is 5.46. The second-order valence-corrected chi connectivity index (χ2v) is 9.33. The lowest BCUT2D eigenvalue weighted by Gasteiger charge is -2.23. The van der Waals surface area contributed by atoms with Crippen molar-refractivity contribution in [3.8, 4) is 0 Å². The van der Waals surface area contributed by atoms with Crippen LogP contribution in [0.2, 0.25) is 0 Å². The van der Waals surface area contributed by atoms with Gasteiger partial charge in [0.05, 0.1) is 38.6 Å². The van der Waals surface area contributed by atoms with Gasteiger partial charge in [-0.2, -0.15) is 0 Å². The van der Waals surface area contributed by atoms with Crippen molar-refractivity contribution in [2.24, 2.45) is 0 Å². The maximum absolute atomic E-state index is 13.5. The van der Waals surface area contributed by atoms with E-state index < -0.39 is 0 Å². The molecule has 1 fully saturated rings. The number of carbonyl (C=O) groups is 1. The zero-order valence-corrected chi connectivity index (χ0v) is 18.0. The monoisotopic (exact) mass is 423 g/mol. The summed E-state index contributed by atoms with van der Waals surface area (Å²) in [7, 11) is 0. The summed E-state index contributed by atoms with van der Waals surface area (Å²) in [5, 5.41) is 0.735. The van der Waals surface area contributed by atoms with E-state index in [1.54, 1.807) is 27.6 Å². The Morgan fingerprint density at radius 1 is 1.24 bits per heavy atom. The molecule has 7 heteroatoms. The Bertz CT molecular complexity index is 1210. The Morgan fingerprint density at radius 2 is 2.14 bits per heavy atom. The quantitative estimate of drug-likeness (QED) is 0.444. The van der Waals surface area contributed by atoms with Crippen molar-refractivity contribution in [1.29, 1.82) is 0 Å². The molecule has 0 radical (unpaired) electrons. The van der Waals surface area contributed by atoms with Gasteiger partial charge in [0.1, 0.15) is 0 Å². The van der Waals surface area contributed by atoms with Crippen LogP contribution in [0.15, 0.2) is 35.8 Å². The van der Waals surface area contributed by atoms with Gasteiger partial charge in [-0.15, -0.1) is 11.3 Å². The minimum Gasteiger partial charge on any atom is -0.376 e. The predicted molar refractivity (Wildman–Crippen MR) is 119 cm³/mol. The van der Waals surface area contributed by atoms with E-state index in [9.17, 15) is 4.79 Å². The average Bonchev–Trinajstić information content (AvgIpc) is 3.48. The molecule has 2 aromatic carbocycles. The molecule has 148 valence electrons. The van der Waals surface area contributed by atoms with Gasteiger partial charge >= 0.3 is 0 Å². The van der Waals surface area contributed by atoms with Crippen LogP contribution in [0.3, 0.4) is 0 Å². The van der Waals surface area contributed by atoms with Crippen LogP contribution in [-0.2, 0) is 4.74 Å². The van der Waals surface area contributed by atoms with Gasteiger partial charge in [-0.1, -0.05) is 17.4 Å². The lowest BCUT2D eigenvalue weighted by Crippen LogP contribution is -2.37. The molecular formula is C22H21N3O2S2. The molecule has 0 N–H and O–H groups in total. The molecule has 1 aliphatic rings. The Kier molecular flexibility index (Phi) is 4.81. The molecule has 1 amide bonds. The number of carbonyl (C=O) groups excluding carboxylic acids is 1. The van der Waals surface area contributed by atoms with Gasteiger partial charge in [-0.25, -0.2) is 9.97 Å². The molecule has 1 aliphatic heterocycles. The molecule has 5 rings (SSSR count). The maximum atomic E-state index is 13.5. The molecule has 3 heterocycles. The highest BCUT2D eigenvalue weighted by Crippen LogP contribution is 2.33. The van der Waals surface area contributed by atoms with Gasteiger partial charge in [-0.05, 0) is 62.1 Å². The molecule has 1 atom stereocenters. The van der Waals surface area contributed by atoms with Gasteiger partial charge in [0.15, 0.2) is 5.13 Å². The summed E-state index contributed by atoms with van der Waals surface area (Å²) in [6.45, 7) is 5.47. The number of aryl methyl sites for hydroxylation is 2. The molecule has 1 saturated heterocycles. The number of amides is 1. The van der Waals surface area contributed by atoms with Gasteiger partial charge < -0.3 is 4.74 Å². The number of rotatable bonds is 4. The maximum Gasteiger partial charge on any atom is 0.260 e. The standard InChI is InChI=1S/C22H21N3O2S2/c1-13-5-8-18-20(14(13)2)24-22(29-18)25(11-16-4-3-9-27-16)21(26)15-6-7-17-19(10-15)28-12-23-17/h5-8,10,12,16H,3-4,9,11H2,1-2H3. The normalized spacial score (nSPS) is 16.7. The predicted octanol–water partition coefficient (Wildman–Crippen LogP) is 5.35.